The first-order valence-corrected chi connectivity index (χ1v) is 4.69. The topological polar surface area (TPSA) is 45.8 Å². The van der Waals surface area contributed by atoms with Crippen molar-refractivity contribution in [1.82, 2.24) is 9.97 Å². The molecule has 0 fully saturated rings. The Morgan fingerprint density at radius 3 is 2.47 bits per heavy atom. The van der Waals surface area contributed by atoms with E-state index in [2.05, 4.69) is 4.98 Å². The Kier molecular flexibility index (Phi) is 2.71. The monoisotopic (exact) mass is 240 g/mol. The molecule has 0 aliphatic rings. The van der Waals surface area contributed by atoms with Crippen molar-refractivity contribution in [2.75, 3.05) is 0 Å². The molecular weight excluding hydrogens is 233 g/mol. The molecule has 0 saturated heterocycles. The van der Waals surface area contributed by atoms with Gasteiger partial charge in [-0.05, 0) is 18.2 Å². The number of aromatic nitrogens is 2. The summed E-state index contributed by atoms with van der Waals surface area (Å²) >= 11 is 0. The van der Waals surface area contributed by atoms with E-state index in [4.69, 9.17) is 0 Å². The third-order valence-corrected chi connectivity index (χ3v) is 2.19. The smallest absolute Gasteiger partial charge is 0.318 e. The molecule has 2 aromatic rings. The summed E-state index contributed by atoms with van der Waals surface area (Å²) in [5.41, 5.74) is -1.21. The van der Waals surface area contributed by atoms with Crippen molar-refractivity contribution in [2.45, 2.75) is 6.18 Å². The van der Waals surface area contributed by atoms with Gasteiger partial charge >= 0.3 is 6.18 Å². The molecule has 0 aromatic carbocycles. The maximum Gasteiger partial charge on any atom is 0.431 e. The molecule has 3 nitrogen and oxygen atoms in total. The zero-order valence-corrected chi connectivity index (χ0v) is 8.45. The highest BCUT2D eigenvalue weighted by Crippen LogP contribution is 2.27. The molecule has 6 heteroatoms. The summed E-state index contributed by atoms with van der Waals surface area (Å²) in [7, 11) is 0. The number of hydrogen-bond donors (Lipinski definition) is 1. The Morgan fingerprint density at radius 1 is 1.18 bits per heavy atom. The van der Waals surface area contributed by atoms with E-state index in [1.165, 1.54) is 12.4 Å². The maximum absolute atomic E-state index is 12.3. The van der Waals surface area contributed by atoms with Gasteiger partial charge in [-0.3, -0.25) is 9.78 Å². The third-order valence-electron chi connectivity index (χ3n) is 2.19. The Bertz CT molecular complexity index is 575. The lowest BCUT2D eigenvalue weighted by atomic mass is 10.1. The molecule has 1 N–H and O–H groups in total. The number of pyridine rings is 2. The van der Waals surface area contributed by atoms with E-state index >= 15 is 0 Å². The molecule has 2 aromatic heterocycles. The van der Waals surface area contributed by atoms with Gasteiger partial charge < -0.3 is 4.98 Å². The van der Waals surface area contributed by atoms with Crippen molar-refractivity contribution in [3.8, 4) is 11.1 Å². The normalized spacial score (nSPS) is 11.5. The van der Waals surface area contributed by atoms with E-state index in [1.807, 2.05) is 0 Å². The number of alkyl halides is 3. The van der Waals surface area contributed by atoms with Crippen LogP contribution in [0.1, 0.15) is 5.69 Å². The van der Waals surface area contributed by atoms with Gasteiger partial charge in [-0.1, -0.05) is 6.07 Å². The number of rotatable bonds is 1. The molecule has 88 valence electrons. The van der Waals surface area contributed by atoms with Gasteiger partial charge in [0.2, 0.25) is 0 Å². The molecule has 0 unspecified atom stereocenters. The van der Waals surface area contributed by atoms with Crippen LogP contribution in [0.15, 0.2) is 41.5 Å². The fourth-order valence-electron chi connectivity index (χ4n) is 1.39. The lowest BCUT2D eigenvalue weighted by molar-refractivity contribution is -0.141. The summed E-state index contributed by atoms with van der Waals surface area (Å²) < 4.78 is 37.0. The predicted octanol–water partition coefficient (Wildman–Crippen LogP) is 2.46. The van der Waals surface area contributed by atoms with Crippen LogP contribution in [0, 0.1) is 0 Å². The van der Waals surface area contributed by atoms with E-state index in [0.717, 1.165) is 12.1 Å². The maximum atomic E-state index is 12.3. The second-order valence-corrected chi connectivity index (χ2v) is 3.35. The number of aromatic amines is 1. The highest BCUT2D eigenvalue weighted by Gasteiger charge is 2.31. The molecule has 2 heterocycles. The van der Waals surface area contributed by atoms with Crippen LogP contribution >= 0.6 is 0 Å². The quantitative estimate of drug-likeness (QED) is 0.832. The highest BCUT2D eigenvalue weighted by molar-refractivity contribution is 5.60. The molecule has 0 spiro atoms. The minimum Gasteiger partial charge on any atom is -0.318 e. The second kappa shape index (κ2) is 4.04. The van der Waals surface area contributed by atoms with Crippen molar-refractivity contribution in [2.24, 2.45) is 0 Å². The van der Waals surface area contributed by atoms with Crippen LogP contribution in [-0.2, 0) is 6.18 Å². The van der Waals surface area contributed by atoms with Crippen LogP contribution in [-0.4, -0.2) is 9.97 Å². The molecule has 2 rings (SSSR count). The van der Waals surface area contributed by atoms with E-state index in [1.54, 1.807) is 17.1 Å². The lowest BCUT2D eigenvalue weighted by Gasteiger charge is -2.07. The number of hydrogen-bond acceptors (Lipinski definition) is 2. The molecule has 0 aliphatic heterocycles. The van der Waals surface area contributed by atoms with Crippen molar-refractivity contribution in [1.29, 1.82) is 0 Å². The van der Waals surface area contributed by atoms with Crippen molar-refractivity contribution in [3.05, 3.63) is 52.7 Å². The Hall–Kier alpha value is -2.11. The van der Waals surface area contributed by atoms with E-state index in [9.17, 15) is 18.0 Å². The van der Waals surface area contributed by atoms with Crippen LogP contribution in [0.5, 0.6) is 0 Å². The summed E-state index contributed by atoms with van der Waals surface area (Å²) in [6, 6.07) is 5.18. The summed E-state index contributed by atoms with van der Waals surface area (Å²) in [6.45, 7) is 0. The van der Waals surface area contributed by atoms with Crippen LogP contribution in [0.25, 0.3) is 11.1 Å². The fourth-order valence-corrected chi connectivity index (χ4v) is 1.39. The minimum absolute atomic E-state index is 0.158. The summed E-state index contributed by atoms with van der Waals surface area (Å²) in [5.74, 6) is 0. The molecule has 0 atom stereocenters. The third kappa shape index (κ3) is 2.35. The first kappa shape index (κ1) is 11.4. The number of halogens is 3. The van der Waals surface area contributed by atoms with Gasteiger partial charge in [-0.25, -0.2) is 0 Å². The van der Waals surface area contributed by atoms with Gasteiger partial charge in [0.05, 0.1) is 0 Å². The van der Waals surface area contributed by atoms with Crippen LogP contribution in [0.4, 0.5) is 13.2 Å². The first-order chi connectivity index (χ1) is 7.98. The molecule has 0 amide bonds. The van der Waals surface area contributed by atoms with Crippen LogP contribution in [0.3, 0.4) is 0 Å². The van der Waals surface area contributed by atoms with E-state index in [-0.39, 0.29) is 5.56 Å². The zero-order chi connectivity index (χ0) is 12.5. The molecule has 0 aliphatic carbocycles. The van der Waals surface area contributed by atoms with Crippen molar-refractivity contribution in [3.63, 3.8) is 0 Å². The summed E-state index contributed by atoms with van der Waals surface area (Å²) in [5, 5.41) is 0. The molecule has 0 bridgehead atoms. The Morgan fingerprint density at radius 2 is 1.94 bits per heavy atom. The van der Waals surface area contributed by atoms with Gasteiger partial charge in [0.15, 0.2) is 0 Å². The molecular formula is C11H7F3N2O. The average Bonchev–Trinajstić information content (AvgIpc) is 2.29. The fraction of sp³-hybridized carbons (Fsp3) is 0.0909. The number of nitrogens with zero attached hydrogens (tertiary/aromatic N) is 1. The lowest BCUT2D eigenvalue weighted by Crippen LogP contribution is -2.17. The van der Waals surface area contributed by atoms with Gasteiger partial charge in [0.25, 0.3) is 5.56 Å². The minimum atomic E-state index is -4.55. The molecule has 0 radical (unpaired) electrons. The summed E-state index contributed by atoms with van der Waals surface area (Å²) in [6.07, 6.45) is -1.62. The first-order valence-electron chi connectivity index (χ1n) is 4.69. The van der Waals surface area contributed by atoms with Gasteiger partial charge in [0, 0.05) is 23.5 Å². The predicted molar refractivity (Wildman–Crippen MR) is 55.3 cm³/mol. The SMILES string of the molecule is O=c1[nH]c(C(F)(F)F)ccc1-c1cccnc1. The average molecular weight is 240 g/mol. The molecule has 17 heavy (non-hydrogen) atoms. The number of H-pyrrole nitrogens is 1. The van der Waals surface area contributed by atoms with Gasteiger partial charge in [0.1, 0.15) is 5.69 Å². The van der Waals surface area contributed by atoms with Crippen LogP contribution in [0.2, 0.25) is 0 Å². The standard InChI is InChI=1S/C11H7F3N2O/c12-11(13,14)9-4-3-8(10(17)16-9)7-2-1-5-15-6-7/h1-6H,(H,16,17). The largest absolute Gasteiger partial charge is 0.431 e. The second-order valence-electron chi connectivity index (χ2n) is 3.35. The highest BCUT2D eigenvalue weighted by atomic mass is 19.4. The van der Waals surface area contributed by atoms with Crippen molar-refractivity contribution >= 4 is 0 Å². The summed E-state index contributed by atoms with van der Waals surface area (Å²) in [4.78, 5) is 17.1. The Balaban J connectivity index is 2.51. The number of nitrogens with one attached hydrogen (secondary N) is 1. The van der Waals surface area contributed by atoms with E-state index < -0.39 is 17.4 Å². The van der Waals surface area contributed by atoms with Crippen molar-refractivity contribution < 1.29 is 13.2 Å². The zero-order valence-electron chi connectivity index (χ0n) is 8.45. The van der Waals surface area contributed by atoms with Gasteiger partial charge in [-0.2, -0.15) is 13.2 Å². The Labute approximate surface area is 94.0 Å². The van der Waals surface area contributed by atoms with Gasteiger partial charge in [-0.15, -0.1) is 0 Å². The van der Waals surface area contributed by atoms with E-state index in [0.29, 0.717) is 5.56 Å². The van der Waals surface area contributed by atoms with Crippen LogP contribution < -0.4 is 5.56 Å². The molecule has 0 saturated carbocycles.